The zero-order valence-electron chi connectivity index (χ0n) is 15.5. The topological polar surface area (TPSA) is 39.4 Å². The average Bonchev–Trinajstić information content (AvgIpc) is 2.89. The summed E-state index contributed by atoms with van der Waals surface area (Å²) in [6.07, 6.45) is 0. The van der Waals surface area contributed by atoms with Gasteiger partial charge in [-0.15, -0.1) is 0 Å². The molecule has 0 fully saturated rings. The number of aromatic nitrogens is 2. The van der Waals surface area contributed by atoms with Crippen LogP contribution in [0.25, 0.3) is 0 Å². The molecule has 25 heavy (non-hydrogen) atoms. The third-order valence-electron chi connectivity index (χ3n) is 3.39. The van der Waals surface area contributed by atoms with Gasteiger partial charge in [-0.05, 0) is 24.1 Å². The van der Waals surface area contributed by atoms with Gasteiger partial charge in [-0.1, -0.05) is 69.8 Å². The third kappa shape index (κ3) is 5.12. The van der Waals surface area contributed by atoms with Gasteiger partial charge >= 0.3 is 0 Å². The van der Waals surface area contributed by atoms with Gasteiger partial charge in [-0.3, -0.25) is 0 Å². The molecule has 0 amide bonds. The van der Waals surface area contributed by atoms with Crippen molar-refractivity contribution in [1.29, 1.82) is 0 Å². The van der Waals surface area contributed by atoms with Gasteiger partial charge in [0.05, 0.1) is 12.7 Å². The van der Waals surface area contributed by atoms with Gasteiger partial charge in [0.25, 0.3) is 0 Å². The molecule has 7 heteroatoms. The van der Waals surface area contributed by atoms with Crippen LogP contribution in [0.4, 0.5) is 0 Å². The number of hydrogen-bond donors (Lipinski definition) is 0. The van der Waals surface area contributed by atoms with Crippen molar-refractivity contribution >= 4 is 40.1 Å². The molecule has 0 aliphatic carbocycles. The summed E-state index contributed by atoms with van der Waals surface area (Å²) in [7, 11) is 1.61. The van der Waals surface area contributed by atoms with Crippen LogP contribution in [0.2, 0.25) is 5.02 Å². The van der Waals surface area contributed by atoms with E-state index in [1.165, 1.54) is 0 Å². The maximum atomic E-state index is 6.11. The largest absolute Gasteiger partial charge is 0.496 e. The Morgan fingerprint density at radius 2 is 2.08 bits per heavy atom. The summed E-state index contributed by atoms with van der Waals surface area (Å²) in [4.78, 5) is 5.92. The fraction of sp³-hybridized carbons (Fsp3) is 0.500. The smallest absolute Gasteiger partial charge is 0.209 e. The number of rotatable bonds is 4. The van der Waals surface area contributed by atoms with Gasteiger partial charge in [0.2, 0.25) is 4.80 Å². The minimum atomic E-state index is -0.0352. The molecule has 0 radical (unpaired) electrons. The highest BCUT2D eigenvalue weighted by atomic mass is 35.5. The molecule has 0 aliphatic heterocycles. The van der Waals surface area contributed by atoms with E-state index in [2.05, 4.69) is 39.6 Å². The Labute approximate surface area is 163 Å². The maximum absolute atomic E-state index is 6.11. The van der Waals surface area contributed by atoms with Gasteiger partial charge in [0.15, 0.2) is 0 Å². The van der Waals surface area contributed by atoms with Gasteiger partial charge in [0.1, 0.15) is 15.7 Å². The first-order valence-electron chi connectivity index (χ1n) is 8.13. The van der Waals surface area contributed by atoms with Crippen molar-refractivity contribution in [2.24, 2.45) is 10.9 Å². The van der Waals surface area contributed by atoms with Gasteiger partial charge < -0.3 is 4.74 Å². The standard InChI is InChI=1S/C18H24ClN3OS2/c1-11(2)10-22-17(25-16(21-22)18(3,4)5)20-15(24)13-9-12(19)7-8-14(13)23-6/h7-9,11H,10H2,1-6H3/b20-17-. The van der Waals surface area contributed by atoms with Crippen molar-refractivity contribution < 1.29 is 4.74 Å². The van der Waals surface area contributed by atoms with Crippen LogP contribution in [0, 0.1) is 5.92 Å². The molecular formula is C18H24ClN3OS2. The van der Waals surface area contributed by atoms with Gasteiger partial charge in [-0.25, -0.2) is 9.67 Å². The molecule has 1 heterocycles. The molecule has 0 saturated heterocycles. The minimum Gasteiger partial charge on any atom is -0.496 e. The lowest BCUT2D eigenvalue weighted by molar-refractivity contribution is 0.414. The van der Waals surface area contributed by atoms with Crippen LogP contribution in [0.1, 0.15) is 45.2 Å². The highest BCUT2D eigenvalue weighted by molar-refractivity contribution is 7.80. The lowest BCUT2D eigenvalue weighted by atomic mass is 9.98. The first-order chi connectivity index (χ1) is 11.6. The summed E-state index contributed by atoms with van der Waals surface area (Å²) in [6.45, 7) is 11.5. The van der Waals surface area contributed by atoms with Crippen molar-refractivity contribution in [2.75, 3.05) is 7.11 Å². The second kappa shape index (κ2) is 7.98. The summed E-state index contributed by atoms with van der Waals surface area (Å²) in [5.74, 6) is 1.12. The Morgan fingerprint density at radius 3 is 2.64 bits per heavy atom. The molecule has 0 saturated carbocycles. The Morgan fingerprint density at radius 1 is 1.40 bits per heavy atom. The number of benzene rings is 1. The number of halogens is 1. The molecule has 2 rings (SSSR count). The Hall–Kier alpha value is -1.24. The highest BCUT2D eigenvalue weighted by Gasteiger charge is 2.20. The van der Waals surface area contributed by atoms with Crippen LogP contribution in [0.3, 0.4) is 0 Å². The molecule has 0 N–H and O–H groups in total. The summed E-state index contributed by atoms with van der Waals surface area (Å²) in [5.41, 5.74) is 0.679. The van der Waals surface area contributed by atoms with Crippen LogP contribution >= 0.6 is 35.2 Å². The second-order valence-electron chi connectivity index (χ2n) is 7.28. The molecule has 0 atom stereocenters. The zero-order chi connectivity index (χ0) is 18.8. The second-order valence-corrected chi connectivity index (χ2v) is 9.06. The Bertz CT molecular complexity index is 832. The van der Waals surface area contributed by atoms with Crippen LogP contribution in [-0.4, -0.2) is 21.9 Å². The van der Waals surface area contributed by atoms with E-state index in [0.717, 1.165) is 16.4 Å². The number of ether oxygens (including phenoxy) is 1. The summed E-state index contributed by atoms with van der Waals surface area (Å²) < 4.78 is 7.33. The molecular weight excluding hydrogens is 374 g/mol. The molecule has 0 bridgehead atoms. The summed E-state index contributed by atoms with van der Waals surface area (Å²) >= 11 is 13.2. The predicted molar refractivity (Wildman–Crippen MR) is 109 cm³/mol. The molecule has 1 aromatic heterocycles. The lowest BCUT2D eigenvalue weighted by Crippen LogP contribution is -2.21. The van der Waals surface area contributed by atoms with E-state index in [9.17, 15) is 0 Å². The number of methoxy groups -OCH3 is 1. The van der Waals surface area contributed by atoms with E-state index in [4.69, 9.17) is 33.7 Å². The molecule has 0 unspecified atom stereocenters. The number of thiocarbonyl (C=S) groups is 1. The van der Waals surface area contributed by atoms with Crippen LogP contribution < -0.4 is 9.54 Å². The first-order valence-corrected chi connectivity index (χ1v) is 9.73. The maximum Gasteiger partial charge on any atom is 0.209 e. The summed E-state index contributed by atoms with van der Waals surface area (Å²) in [5, 5.41) is 6.39. The van der Waals surface area contributed by atoms with Crippen molar-refractivity contribution in [3.8, 4) is 5.75 Å². The normalized spacial score (nSPS) is 12.7. The van der Waals surface area contributed by atoms with Crippen molar-refractivity contribution in [3.05, 3.63) is 38.6 Å². The Kier molecular flexibility index (Phi) is 6.40. The van der Waals surface area contributed by atoms with E-state index in [1.54, 1.807) is 36.6 Å². The first kappa shape index (κ1) is 20.1. The fourth-order valence-electron chi connectivity index (χ4n) is 2.15. The van der Waals surface area contributed by atoms with E-state index in [1.807, 2.05) is 4.68 Å². The molecule has 136 valence electrons. The van der Waals surface area contributed by atoms with Crippen LogP contribution in [0.15, 0.2) is 23.2 Å². The highest BCUT2D eigenvalue weighted by Crippen LogP contribution is 2.25. The monoisotopic (exact) mass is 397 g/mol. The Balaban J connectivity index is 2.54. The van der Waals surface area contributed by atoms with Crippen LogP contribution in [0.5, 0.6) is 5.75 Å². The van der Waals surface area contributed by atoms with E-state index in [-0.39, 0.29) is 5.41 Å². The summed E-state index contributed by atoms with van der Waals surface area (Å²) in [6, 6.07) is 5.36. The fourth-order valence-corrected chi connectivity index (χ4v) is 3.61. The SMILES string of the molecule is COc1ccc(Cl)cc1C(=S)/N=c1\sc(C(C)(C)C)nn1CC(C)C. The van der Waals surface area contributed by atoms with Crippen LogP contribution in [-0.2, 0) is 12.0 Å². The van der Waals surface area contributed by atoms with Crippen molar-refractivity contribution in [1.82, 2.24) is 9.78 Å². The van der Waals surface area contributed by atoms with E-state index >= 15 is 0 Å². The molecule has 1 aromatic carbocycles. The number of hydrogen-bond acceptors (Lipinski definition) is 4. The number of nitrogens with zero attached hydrogens (tertiary/aromatic N) is 3. The third-order valence-corrected chi connectivity index (χ3v) is 5.31. The minimum absolute atomic E-state index is 0.0352. The molecule has 2 aromatic rings. The lowest BCUT2D eigenvalue weighted by Gasteiger charge is -2.13. The van der Waals surface area contributed by atoms with E-state index in [0.29, 0.717) is 27.2 Å². The quantitative estimate of drug-likeness (QED) is 0.693. The molecule has 4 nitrogen and oxygen atoms in total. The van der Waals surface area contributed by atoms with E-state index < -0.39 is 0 Å². The molecule has 0 aliphatic rings. The van der Waals surface area contributed by atoms with Crippen molar-refractivity contribution in [3.63, 3.8) is 0 Å². The predicted octanol–water partition coefficient (Wildman–Crippen LogP) is 4.84. The van der Waals surface area contributed by atoms with Gasteiger partial charge in [0, 0.05) is 17.0 Å². The average molecular weight is 398 g/mol. The van der Waals surface area contributed by atoms with Gasteiger partial charge in [-0.2, -0.15) is 5.10 Å². The zero-order valence-corrected chi connectivity index (χ0v) is 17.8. The molecule has 0 spiro atoms. The van der Waals surface area contributed by atoms with Crippen molar-refractivity contribution in [2.45, 2.75) is 46.6 Å².